The number of piperidine rings is 1. The summed E-state index contributed by atoms with van der Waals surface area (Å²) in [5.41, 5.74) is 0.303. The van der Waals surface area contributed by atoms with Crippen molar-refractivity contribution in [3.8, 4) is 0 Å². The van der Waals surface area contributed by atoms with Crippen molar-refractivity contribution in [1.82, 2.24) is 4.90 Å². The zero-order valence-corrected chi connectivity index (χ0v) is 12.2. The number of fused-ring (bicyclic) bond motifs is 2. The summed E-state index contributed by atoms with van der Waals surface area (Å²) in [6.07, 6.45) is 6.43. The molecule has 2 heterocycles. The smallest absolute Gasteiger partial charge is 0.269 e. The number of nitro benzene ring substituents is 1. The summed E-state index contributed by atoms with van der Waals surface area (Å²) in [7, 11) is 0. The molecule has 1 aliphatic carbocycles. The number of nitrogens with zero attached hydrogens (tertiary/aromatic N) is 2. The van der Waals surface area contributed by atoms with Crippen LogP contribution >= 0.6 is 0 Å². The van der Waals surface area contributed by atoms with E-state index in [2.05, 4.69) is 26.0 Å². The molecule has 1 amide bonds. The van der Waals surface area contributed by atoms with Gasteiger partial charge in [0.15, 0.2) is 0 Å². The molecule has 5 heteroatoms. The Morgan fingerprint density at radius 3 is 2.38 bits per heavy atom. The van der Waals surface area contributed by atoms with E-state index < -0.39 is 4.92 Å². The van der Waals surface area contributed by atoms with Crippen LogP contribution in [-0.2, 0) is 0 Å². The maximum absolute atomic E-state index is 12.8. The molecule has 2 atom stereocenters. The Balaban J connectivity index is 1.91. The number of nitro groups is 1. The van der Waals surface area contributed by atoms with Gasteiger partial charge in [0.2, 0.25) is 0 Å². The van der Waals surface area contributed by atoms with E-state index in [-0.39, 0.29) is 23.2 Å². The summed E-state index contributed by atoms with van der Waals surface area (Å²) in [5, 5.41) is 10.7. The van der Waals surface area contributed by atoms with Gasteiger partial charge in [-0.05, 0) is 44.7 Å². The van der Waals surface area contributed by atoms with Crippen molar-refractivity contribution in [1.29, 1.82) is 0 Å². The monoisotopic (exact) mass is 286 g/mol. The van der Waals surface area contributed by atoms with E-state index in [9.17, 15) is 14.9 Å². The molecule has 21 heavy (non-hydrogen) atoms. The molecule has 3 aliphatic rings. The molecule has 0 aromatic heterocycles. The first-order valence-corrected chi connectivity index (χ1v) is 7.17. The van der Waals surface area contributed by atoms with Gasteiger partial charge in [-0.15, -0.1) is 0 Å². The molecule has 1 aromatic carbocycles. The molecule has 5 nitrogen and oxygen atoms in total. The molecule has 1 aromatic rings. The van der Waals surface area contributed by atoms with Crippen molar-refractivity contribution in [3.63, 3.8) is 0 Å². The van der Waals surface area contributed by atoms with Gasteiger partial charge in [-0.3, -0.25) is 14.9 Å². The van der Waals surface area contributed by atoms with Crippen LogP contribution in [0.15, 0.2) is 36.4 Å². The van der Waals surface area contributed by atoms with Crippen LogP contribution in [0.5, 0.6) is 0 Å². The Morgan fingerprint density at radius 2 is 1.90 bits per heavy atom. The Hall–Kier alpha value is -2.17. The highest BCUT2D eigenvalue weighted by atomic mass is 16.6. The van der Waals surface area contributed by atoms with E-state index in [0.717, 1.165) is 12.8 Å². The molecule has 0 spiro atoms. The first-order chi connectivity index (χ1) is 9.91. The van der Waals surface area contributed by atoms with E-state index in [1.54, 1.807) is 12.1 Å². The largest absolute Gasteiger partial charge is 0.327 e. The van der Waals surface area contributed by atoms with Gasteiger partial charge in [-0.1, -0.05) is 12.2 Å². The molecular formula is C16H18N2O3. The first kappa shape index (κ1) is 13.8. The lowest BCUT2D eigenvalue weighted by Gasteiger charge is -2.54. The van der Waals surface area contributed by atoms with Gasteiger partial charge in [-0.25, -0.2) is 0 Å². The summed E-state index contributed by atoms with van der Waals surface area (Å²) in [6, 6.07) is 5.99. The number of non-ortho nitro benzene ring substituents is 1. The molecule has 2 bridgehead atoms. The van der Waals surface area contributed by atoms with Crippen LogP contribution in [-0.4, -0.2) is 27.3 Å². The van der Waals surface area contributed by atoms with Crippen LogP contribution in [0.25, 0.3) is 0 Å². The molecule has 2 aliphatic heterocycles. The summed E-state index contributed by atoms with van der Waals surface area (Å²) in [5.74, 6) is 0.332. The minimum absolute atomic E-state index is 0.00544. The molecule has 0 N–H and O–H groups in total. The lowest BCUT2D eigenvalue weighted by Crippen LogP contribution is -2.61. The fourth-order valence-corrected chi connectivity index (χ4v) is 3.49. The lowest BCUT2D eigenvalue weighted by atomic mass is 9.72. The van der Waals surface area contributed by atoms with Crippen molar-refractivity contribution in [3.05, 3.63) is 52.1 Å². The zero-order chi connectivity index (χ0) is 15.2. The third-order valence-corrected chi connectivity index (χ3v) is 4.74. The number of rotatable bonds is 2. The van der Waals surface area contributed by atoms with Crippen molar-refractivity contribution < 1.29 is 9.72 Å². The van der Waals surface area contributed by atoms with Crippen molar-refractivity contribution in [2.45, 2.75) is 38.3 Å². The van der Waals surface area contributed by atoms with Crippen LogP contribution in [0.2, 0.25) is 0 Å². The predicted octanol–water partition coefficient (Wildman–Crippen LogP) is 3.16. The second-order valence-corrected chi connectivity index (χ2v) is 6.27. The molecule has 4 rings (SSSR count). The number of amides is 1. The Kier molecular flexibility index (Phi) is 3.08. The number of benzene rings is 1. The minimum Gasteiger partial charge on any atom is -0.327 e. The first-order valence-electron chi connectivity index (χ1n) is 7.17. The molecule has 2 unspecified atom stereocenters. The molecule has 0 saturated carbocycles. The van der Waals surface area contributed by atoms with Crippen molar-refractivity contribution in [2.24, 2.45) is 5.92 Å². The van der Waals surface area contributed by atoms with E-state index in [1.165, 1.54) is 12.1 Å². The number of carbonyl (C=O) groups excluding carboxylic acids is 1. The quantitative estimate of drug-likeness (QED) is 0.476. The average molecular weight is 286 g/mol. The highest BCUT2D eigenvalue weighted by Gasteiger charge is 2.46. The summed E-state index contributed by atoms with van der Waals surface area (Å²) in [6.45, 7) is 4.19. The molecule has 0 radical (unpaired) electrons. The average Bonchev–Trinajstić information content (AvgIpc) is 2.47. The normalized spacial score (nSPS) is 25.9. The van der Waals surface area contributed by atoms with E-state index in [0.29, 0.717) is 11.5 Å². The van der Waals surface area contributed by atoms with Gasteiger partial charge in [0.05, 0.1) is 11.0 Å². The molecular weight excluding hydrogens is 268 g/mol. The second-order valence-electron chi connectivity index (χ2n) is 6.27. The third-order valence-electron chi connectivity index (χ3n) is 4.74. The Labute approximate surface area is 123 Å². The van der Waals surface area contributed by atoms with E-state index >= 15 is 0 Å². The van der Waals surface area contributed by atoms with Gasteiger partial charge in [0.25, 0.3) is 11.6 Å². The minimum atomic E-state index is -0.455. The molecule has 110 valence electrons. The zero-order valence-electron chi connectivity index (χ0n) is 12.2. The summed E-state index contributed by atoms with van der Waals surface area (Å²) in [4.78, 5) is 25.0. The van der Waals surface area contributed by atoms with Gasteiger partial charge in [0.1, 0.15) is 0 Å². The van der Waals surface area contributed by atoms with Gasteiger partial charge >= 0.3 is 0 Å². The van der Waals surface area contributed by atoms with Crippen LogP contribution in [0, 0.1) is 16.0 Å². The molecule has 1 fully saturated rings. The standard InChI is InChI=1S/C16H18N2O3/c1-16(2)12-5-9-13(10-6-12)17(16)15(19)11-3-7-14(8-4-11)18(20)21/h3-5,7-9,12-13H,6,10H2,1-2H3. The molecule has 1 saturated heterocycles. The summed E-state index contributed by atoms with van der Waals surface area (Å²) < 4.78 is 0. The maximum Gasteiger partial charge on any atom is 0.269 e. The SMILES string of the molecule is CC1(C)C2C=CC(CC2)N1C(=O)c1ccc([N+](=O)[O-])cc1. The van der Waals surface area contributed by atoms with Gasteiger partial charge < -0.3 is 4.90 Å². The number of carbonyl (C=O) groups is 1. The topological polar surface area (TPSA) is 63.5 Å². The van der Waals surface area contributed by atoms with Crippen LogP contribution in [0.3, 0.4) is 0 Å². The Bertz CT molecular complexity index is 619. The van der Waals surface area contributed by atoms with E-state index in [4.69, 9.17) is 0 Å². The summed E-state index contributed by atoms with van der Waals surface area (Å²) >= 11 is 0. The lowest BCUT2D eigenvalue weighted by molar-refractivity contribution is -0.384. The maximum atomic E-state index is 12.8. The predicted molar refractivity (Wildman–Crippen MR) is 79.0 cm³/mol. The second kappa shape index (κ2) is 4.69. The number of hydrogen-bond donors (Lipinski definition) is 0. The van der Waals surface area contributed by atoms with Crippen molar-refractivity contribution >= 4 is 11.6 Å². The highest BCUT2D eigenvalue weighted by molar-refractivity contribution is 5.95. The van der Waals surface area contributed by atoms with Gasteiger partial charge in [-0.2, -0.15) is 0 Å². The fourth-order valence-electron chi connectivity index (χ4n) is 3.49. The van der Waals surface area contributed by atoms with Crippen LogP contribution < -0.4 is 0 Å². The number of hydrogen-bond acceptors (Lipinski definition) is 3. The Morgan fingerprint density at radius 1 is 1.24 bits per heavy atom. The van der Waals surface area contributed by atoms with Crippen LogP contribution in [0.4, 0.5) is 5.69 Å². The van der Waals surface area contributed by atoms with Crippen molar-refractivity contribution in [2.75, 3.05) is 0 Å². The fraction of sp³-hybridized carbons (Fsp3) is 0.438. The van der Waals surface area contributed by atoms with Crippen LogP contribution in [0.1, 0.15) is 37.0 Å². The third kappa shape index (κ3) is 2.13. The van der Waals surface area contributed by atoms with E-state index in [1.807, 2.05) is 4.90 Å². The van der Waals surface area contributed by atoms with Gasteiger partial charge in [0, 0.05) is 23.2 Å². The highest BCUT2D eigenvalue weighted by Crippen LogP contribution is 2.42.